The van der Waals surface area contributed by atoms with Crippen molar-refractivity contribution in [3.63, 3.8) is 0 Å². The third kappa shape index (κ3) is 14.0. The number of aliphatic hydroxyl groups excluding tert-OH is 1. The number of aliphatic carboxylic acids is 2. The zero-order valence-corrected chi connectivity index (χ0v) is 52.5. The first-order chi connectivity index (χ1) is 42.3. The van der Waals surface area contributed by atoms with Crippen LogP contribution in [0.1, 0.15) is 132 Å². The first-order valence-corrected chi connectivity index (χ1v) is 32.6. The molecular formula is C57H57N13O12S6. The van der Waals surface area contributed by atoms with Gasteiger partial charge in [-0.15, -0.1) is 68.0 Å². The lowest BCUT2D eigenvalue weighted by atomic mass is 9.81. The number of aliphatic hydroxyl groups is 1. The molecule has 7 aromatic heterocycles. The van der Waals surface area contributed by atoms with E-state index in [4.69, 9.17) is 29.7 Å². The summed E-state index contributed by atoms with van der Waals surface area (Å²) in [5.41, 5.74) is 2.21. The van der Waals surface area contributed by atoms with E-state index in [1.807, 2.05) is 13.8 Å². The number of benzene rings is 1. The van der Waals surface area contributed by atoms with Crippen molar-refractivity contribution in [2.45, 2.75) is 83.7 Å². The van der Waals surface area contributed by atoms with E-state index in [1.165, 1.54) is 25.5 Å². The molecule has 6 amide bonds. The fourth-order valence-corrected chi connectivity index (χ4v) is 15.5. The van der Waals surface area contributed by atoms with Crippen molar-refractivity contribution in [2.24, 2.45) is 17.8 Å². The Labute approximate surface area is 526 Å². The maximum absolute atomic E-state index is 14.4. The zero-order valence-electron chi connectivity index (χ0n) is 47.6. The van der Waals surface area contributed by atoms with Crippen molar-refractivity contribution in [1.29, 1.82) is 0 Å². The van der Waals surface area contributed by atoms with E-state index >= 15 is 0 Å². The number of carboxylic acids is 2. The number of methoxy groups -OCH3 is 1. The van der Waals surface area contributed by atoms with Gasteiger partial charge in [-0.25, -0.2) is 34.9 Å². The fraction of sp³-hybridized carbons (Fsp3) is 0.351. The molecule has 1 aliphatic carbocycles. The largest absolute Gasteiger partial charge is 0.481 e. The van der Waals surface area contributed by atoms with Crippen LogP contribution in [0, 0.1) is 24.7 Å². The Bertz CT molecular complexity index is 3940. The van der Waals surface area contributed by atoms with Crippen LogP contribution in [0.25, 0.3) is 43.4 Å². The maximum atomic E-state index is 14.4. The summed E-state index contributed by atoms with van der Waals surface area (Å²) in [6.45, 7) is 4.19. The number of hydrogen-bond acceptors (Lipinski definition) is 23. The minimum absolute atomic E-state index is 0.0146. The van der Waals surface area contributed by atoms with E-state index in [-0.39, 0.29) is 78.2 Å². The molecule has 10 bridgehead atoms. The third-order valence-electron chi connectivity index (χ3n) is 14.5. The number of ether oxygens (including phenoxy) is 1. The molecule has 1 unspecified atom stereocenters. The average molecular weight is 1310 g/mol. The molecule has 0 saturated heterocycles. The molecule has 458 valence electrons. The van der Waals surface area contributed by atoms with Crippen LogP contribution >= 0.6 is 68.0 Å². The number of nitrogens with one attached hydrogen (secondary N) is 5. The molecule has 25 nitrogen and oxygen atoms in total. The minimum Gasteiger partial charge on any atom is -0.481 e. The van der Waals surface area contributed by atoms with Crippen LogP contribution in [0.2, 0.25) is 0 Å². The predicted octanol–water partition coefficient (Wildman–Crippen LogP) is 7.62. The van der Waals surface area contributed by atoms with Crippen LogP contribution in [-0.2, 0) is 35.3 Å². The number of thiazole rings is 6. The number of carboxylic acid groups (broad SMARTS) is 2. The number of fused-ring (bicyclic) bond motifs is 14. The molecule has 2 aliphatic rings. The van der Waals surface area contributed by atoms with E-state index in [2.05, 4.69) is 36.6 Å². The van der Waals surface area contributed by atoms with E-state index in [1.54, 1.807) is 70.9 Å². The van der Waals surface area contributed by atoms with Crippen molar-refractivity contribution in [1.82, 2.24) is 61.5 Å². The third-order valence-corrected chi connectivity index (χ3v) is 20.2. The van der Waals surface area contributed by atoms with Crippen LogP contribution < -0.4 is 31.5 Å². The summed E-state index contributed by atoms with van der Waals surface area (Å²) in [6.07, 6.45) is -0.462. The molecule has 10 rings (SSSR count). The van der Waals surface area contributed by atoms with E-state index < -0.39 is 96.5 Å². The highest BCUT2D eigenvalue weighted by Gasteiger charge is 2.36. The molecule has 88 heavy (non-hydrogen) atoms. The predicted molar refractivity (Wildman–Crippen MR) is 330 cm³/mol. The van der Waals surface area contributed by atoms with E-state index in [9.17, 15) is 53.7 Å². The van der Waals surface area contributed by atoms with Crippen molar-refractivity contribution >= 4 is 121 Å². The van der Waals surface area contributed by atoms with Gasteiger partial charge in [0.15, 0.2) is 0 Å². The van der Waals surface area contributed by atoms with Gasteiger partial charge in [0, 0.05) is 52.0 Å². The van der Waals surface area contributed by atoms with Crippen LogP contribution in [0.3, 0.4) is 0 Å². The lowest BCUT2D eigenvalue weighted by molar-refractivity contribution is -0.144. The Morgan fingerprint density at radius 2 is 1.36 bits per heavy atom. The summed E-state index contributed by atoms with van der Waals surface area (Å²) in [4.78, 5) is 143. The maximum Gasteiger partial charge on any atom is 0.323 e. The van der Waals surface area contributed by atoms with Gasteiger partial charge in [-0.1, -0.05) is 44.2 Å². The molecule has 0 radical (unpaired) electrons. The Balaban J connectivity index is 1.05. The number of pyridine rings is 1. The first-order valence-electron chi connectivity index (χ1n) is 27.5. The first kappa shape index (κ1) is 62.9. The summed E-state index contributed by atoms with van der Waals surface area (Å²) in [7, 11) is 2.91. The van der Waals surface area contributed by atoms with Crippen molar-refractivity contribution in [2.75, 3.05) is 32.1 Å². The second-order valence-corrected chi connectivity index (χ2v) is 26.7. The van der Waals surface area contributed by atoms with Gasteiger partial charge in [-0.3, -0.25) is 43.3 Å². The molecule has 8 heterocycles. The van der Waals surface area contributed by atoms with Crippen LogP contribution in [0.4, 0.5) is 5.82 Å². The Morgan fingerprint density at radius 1 is 0.682 bits per heavy atom. The number of aromatic nitrogens is 7. The summed E-state index contributed by atoms with van der Waals surface area (Å²) in [5, 5.41) is 54.0. The van der Waals surface area contributed by atoms with Crippen LogP contribution in [-0.4, -0.2) is 125 Å². The van der Waals surface area contributed by atoms with Crippen molar-refractivity contribution < 1.29 is 58.4 Å². The number of nitrogens with zero attached hydrogens (tertiary/aromatic N) is 8. The fourth-order valence-electron chi connectivity index (χ4n) is 9.91. The molecule has 0 spiro atoms. The lowest BCUT2D eigenvalue weighted by Gasteiger charge is -2.29. The molecule has 1 saturated carbocycles. The number of anilines is 1. The molecule has 1 fully saturated rings. The van der Waals surface area contributed by atoms with Gasteiger partial charge >= 0.3 is 11.9 Å². The Kier molecular flexibility index (Phi) is 19.6. The van der Waals surface area contributed by atoms with Gasteiger partial charge in [-0.05, 0) is 56.2 Å². The minimum atomic E-state index is -1.31. The molecule has 8 aromatic rings. The number of carbonyl (C=O) groups is 8. The van der Waals surface area contributed by atoms with Crippen molar-refractivity contribution in [3.05, 3.63) is 111 Å². The van der Waals surface area contributed by atoms with Gasteiger partial charge in [-0.2, -0.15) is 0 Å². The Morgan fingerprint density at radius 3 is 2.08 bits per heavy atom. The monoisotopic (exact) mass is 1310 g/mol. The van der Waals surface area contributed by atoms with Crippen LogP contribution in [0.5, 0.6) is 0 Å². The highest BCUT2D eigenvalue weighted by Crippen LogP contribution is 2.41. The summed E-state index contributed by atoms with van der Waals surface area (Å²) in [5.74, 6) is -7.10. The summed E-state index contributed by atoms with van der Waals surface area (Å²) >= 11 is 6.89. The van der Waals surface area contributed by atoms with E-state index in [0.29, 0.717) is 63.0 Å². The highest BCUT2D eigenvalue weighted by atomic mass is 32.1. The number of aryl methyl sites for hydroxylation is 1. The topological polar surface area (TPSA) is 360 Å². The van der Waals surface area contributed by atoms with Crippen molar-refractivity contribution in [3.8, 4) is 43.4 Å². The molecular weight excluding hydrogens is 1250 g/mol. The normalized spacial score (nSPS) is 18.7. The summed E-state index contributed by atoms with van der Waals surface area (Å²) < 4.78 is 5.45. The zero-order chi connectivity index (χ0) is 62.5. The van der Waals surface area contributed by atoms with Crippen LogP contribution in [0.15, 0.2) is 64.0 Å². The molecule has 8 N–H and O–H groups in total. The van der Waals surface area contributed by atoms with Gasteiger partial charge in [0.1, 0.15) is 88.7 Å². The number of carbonyl (C=O) groups excluding carboxylic acids is 6. The molecule has 1 aromatic carbocycles. The Hall–Kier alpha value is -8.17. The highest BCUT2D eigenvalue weighted by molar-refractivity contribution is 7.15. The average Bonchev–Trinajstić information content (AvgIpc) is 2.82. The molecule has 31 heteroatoms. The number of hydrogen-bond donors (Lipinski definition) is 8. The van der Waals surface area contributed by atoms with Gasteiger partial charge < -0.3 is 46.6 Å². The van der Waals surface area contributed by atoms with Gasteiger partial charge in [0.2, 0.25) is 17.7 Å². The molecule has 1 aliphatic heterocycles. The van der Waals surface area contributed by atoms with Gasteiger partial charge in [0.05, 0.1) is 48.1 Å². The standard InChI is InChI=1S/C57H57N13O12S6/c1-25(2)41-55-69-44(36(88-55)20-82-5)48(77)59-18-39(72)66-45(46(75)27-9-7-6-8-10-27)54-64-35(23-85-54)52-62-33(21-84-52)43-30(50-63-34(22-83-50)47(76)61-32(17-38(71)58-4)53-68-42(26(3)87-53)49(78)67-41)15-16-31(60-43)51-65-37(24-86-51)70(19-40(73)74)56(79)28-11-13-29(14-12-28)57(80)81/h6-10,15-16,21-25,28-29,32,41,45-46,75H,11-14,17-20H2,1-5H3,(H,58,71)(H,59,77)(H,61,76)(H,66,72)(H,67,78)(H,73,74)(H,80,81)/t28?,29?,32-,41?,45-,46-/m0/s1. The molecule has 4 atom stereocenters. The lowest BCUT2D eigenvalue weighted by Crippen LogP contribution is -2.41. The second kappa shape index (κ2) is 27.5. The van der Waals surface area contributed by atoms with Gasteiger partial charge in [0.25, 0.3) is 17.7 Å². The SMILES string of the molecule is CNC(=O)C[C@@H]1NC(=O)c2csc(n2)-c2ccc(-c3nc(N(CC(=O)O)C(=O)C4CCC(C(=O)O)CC4)cs3)nc2-c2csc(n2)-c2csc(n2)[C@H]([C@@H](O)c2ccccc2)NC(=O)CNC(=O)c2nc(sc2COC)C(C(C)C)NC(=O)c2nc1sc2C. The second-order valence-electron chi connectivity index (χ2n) is 20.9. The number of amides is 6. The smallest absolute Gasteiger partial charge is 0.323 e. The summed E-state index contributed by atoms with van der Waals surface area (Å²) in [6, 6.07) is 9.17. The number of rotatable bonds is 13. The quantitative estimate of drug-likeness (QED) is 0.0550. The van der Waals surface area contributed by atoms with E-state index in [0.717, 1.165) is 61.6 Å².